The van der Waals surface area contributed by atoms with Gasteiger partial charge in [-0.1, -0.05) is 18.7 Å². The maximum Gasteiger partial charge on any atom is 0.319 e. The molecule has 7 heteroatoms. The number of hydrogen-bond acceptors (Lipinski definition) is 5. The molecule has 0 spiro atoms. The Labute approximate surface area is 159 Å². The van der Waals surface area contributed by atoms with E-state index in [-0.39, 0.29) is 12.1 Å². The maximum atomic E-state index is 12.5. The van der Waals surface area contributed by atoms with Gasteiger partial charge in [-0.05, 0) is 37.5 Å². The van der Waals surface area contributed by atoms with Gasteiger partial charge < -0.3 is 20.3 Å². The summed E-state index contributed by atoms with van der Waals surface area (Å²) in [5.41, 5.74) is 1.55. The second-order valence-corrected chi connectivity index (χ2v) is 6.69. The molecule has 0 aliphatic carbocycles. The molecular weight excluding hydrogens is 342 g/mol. The van der Waals surface area contributed by atoms with Gasteiger partial charge >= 0.3 is 6.03 Å². The maximum absolute atomic E-state index is 12.5. The lowest BCUT2D eigenvalue weighted by Gasteiger charge is -2.33. The number of carbonyl (C=O) groups is 1. The fraction of sp³-hybridized carbons (Fsp3) is 0.350. The first-order chi connectivity index (χ1) is 13.1. The lowest BCUT2D eigenvalue weighted by Crippen LogP contribution is -2.49. The van der Waals surface area contributed by atoms with Crippen molar-refractivity contribution >= 4 is 17.5 Å². The van der Waals surface area contributed by atoms with Gasteiger partial charge in [0.15, 0.2) is 0 Å². The molecule has 1 aliphatic heterocycles. The number of nitrogens with one attached hydrogen (secondary N) is 2. The van der Waals surface area contributed by atoms with Gasteiger partial charge in [-0.15, -0.1) is 0 Å². The van der Waals surface area contributed by atoms with Crippen molar-refractivity contribution in [1.82, 2.24) is 15.3 Å². The smallest absolute Gasteiger partial charge is 0.319 e. The molecule has 1 aromatic heterocycles. The van der Waals surface area contributed by atoms with Gasteiger partial charge in [0.25, 0.3) is 0 Å². The fourth-order valence-corrected chi connectivity index (χ4v) is 3.00. The third-order valence-corrected chi connectivity index (χ3v) is 4.24. The lowest BCUT2D eigenvalue weighted by atomic mass is 10.1. The van der Waals surface area contributed by atoms with E-state index in [0.717, 1.165) is 30.8 Å². The van der Waals surface area contributed by atoms with Crippen molar-refractivity contribution in [3.8, 4) is 5.75 Å². The van der Waals surface area contributed by atoms with E-state index >= 15 is 0 Å². The highest BCUT2D eigenvalue weighted by atomic mass is 16.5. The quantitative estimate of drug-likeness (QED) is 0.767. The molecular formula is C20H25N5O2. The van der Waals surface area contributed by atoms with Gasteiger partial charge in [-0.2, -0.15) is 0 Å². The molecule has 1 atom stereocenters. The molecule has 2 N–H and O–H groups in total. The van der Waals surface area contributed by atoms with Crippen molar-refractivity contribution in [1.29, 1.82) is 0 Å². The number of urea groups is 1. The summed E-state index contributed by atoms with van der Waals surface area (Å²) in [6, 6.07) is 7.18. The lowest BCUT2D eigenvalue weighted by molar-refractivity contribution is 0.246. The van der Waals surface area contributed by atoms with Gasteiger partial charge in [0.05, 0.1) is 11.9 Å². The van der Waals surface area contributed by atoms with E-state index in [1.807, 2.05) is 31.2 Å². The summed E-state index contributed by atoms with van der Waals surface area (Å²) in [4.78, 5) is 23.1. The molecule has 0 radical (unpaired) electrons. The summed E-state index contributed by atoms with van der Waals surface area (Å²) in [6.07, 6.45) is 7.00. The number of anilines is 2. The van der Waals surface area contributed by atoms with Gasteiger partial charge in [-0.3, -0.25) is 4.98 Å². The van der Waals surface area contributed by atoms with Crippen molar-refractivity contribution in [3.63, 3.8) is 0 Å². The number of para-hydroxylation sites is 2. The summed E-state index contributed by atoms with van der Waals surface area (Å²) >= 11 is 0. The summed E-state index contributed by atoms with van der Waals surface area (Å²) < 4.78 is 5.70. The zero-order chi connectivity index (χ0) is 19.1. The first kappa shape index (κ1) is 18.7. The van der Waals surface area contributed by atoms with E-state index in [1.165, 1.54) is 0 Å². The van der Waals surface area contributed by atoms with Crippen LogP contribution in [0.15, 0.2) is 55.0 Å². The Balaban J connectivity index is 1.57. The number of ether oxygens (including phenoxy) is 1. The number of rotatable bonds is 6. The molecule has 2 aromatic rings. The van der Waals surface area contributed by atoms with Crippen LogP contribution in [-0.4, -0.2) is 41.7 Å². The van der Waals surface area contributed by atoms with E-state index in [2.05, 4.69) is 32.1 Å². The molecule has 1 fully saturated rings. The molecule has 1 aliphatic rings. The highest BCUT2D eigenvalue weighted by Gasteiger charge is 2.22. The highest BCUT2D eigenvalue weighted by Crippen LogP contribution is 2.24. The number of amides is 2. The van der Waals surface area contributed by atoms with Crippen molar-refractivity contribution in [3.05, 3.63) is 55.0 Å². The van der Waals surface area contributed by atoms with Crippen LogP contribution in [0.5, 0.6) is 5.75 Å². The molecule has 1 aromatic carbocycles. The average Bonchev–Trinajstić information content (AvgIpc) is 2.68. The van der Waals surface area contributed by atoms with Crippen LogP contribution in [0.4, 0.5) is 16.3 Å². The molecule has 2 amide bonds. The van der Waals surface area contributed by atoms with Gasteiger partial charge in [0, 0.05) is 31.5 Å². The van der Waals surface area contributed by atoms with E-state index < -0.39 is 0 Å². The fourth-order valence-electron chi connectivity index (χ4n) is 3.00. The number of nitrogens with zero attached hydrogens (tertiary/aromatic N) is 3. The molecule has 142 valence electrons. The SMILES string of the molecule is C=C(C)COc1ccccc1NC(=O)N[C@@H]1CCCN(c2cnccn2)C1. The van der Waals surface area contributed by atoms with Gasteiger partial charge in [-0.25, -0.2) is 9.78 Å². The van der Waals surface area contributed by atoms with Crippen LogP contribution in [-0.2, 0) is 0 Å². The minimum absolute atomic E-state index is 0.0456. The number of carbonyl (C=O) groups excluding carboxylic acids is 1. The predicted octanol–water partition coefficient (Wildman–Crippen LogP) is 3.22. The standard InChI is InChI=1S/C20H25N5O2/c1-15(2)14-27-18-8-4-3-7-17(18)24-20(26)23-16-6-5-11-25(13-16)19-12-21-9-10-22-19/h3-4,7-10,12,16H,1,5-6,11,13-14H2,2H3,(H2,23,24,26)/t16-/m1/s1. The Bertz CT molecular complexity index is 781. The molecule has 0 unspecified atom stereocenters. The summed E-state index contributed by atoms with van der Waals surface area (Å²) in [7, 11) is 0. The third kappa shape index (κ3) is 5.44. The molecule has 0 saturated carbocycles. The van der Waals surface area contributed by atoms with Crippen LogP contribution in [0.2, 0.25) is 0 Å². The largest absolute Gasteiger partial charge is 0.487 e. The van der Waals surface area contributed by atoms with Crippen LogP contribution in [0.25, 0.3) is 0 Å². The van der Waals surface area contributed by atoms with E-state index in [0.29, 0.717) is 24.6 Å². The Morgan fingerprint density at radius 1 is 1.37 bits per heavy atom. The number of benzene rings is 1. The molecule has 3 rings (SSSR count). The van der Waals surface area contributed by atoms with Crippen LogP contribution >= 0.6 is 0 Å². The molecule has 0 bridgehead atoms. The van der Waals surface area contributed by atoms with Crippen molar-refractivity contribution in [2.45, 2.75) is 25.8 Å². The van der Waals surface area contributed by atoms with Crippen LogP contribution < -0.4 is 20.3 Å². The highest BCUT2D eigenvalue weighted by molar-refractivity contribution is 5.91. The van der Waals surface area contributed by atoms with Crippen LogP contribution in [0.3, 0.4) is 0 Å². The first-order valence-electron chi connectivity index (χ1n) is 9.06. The average molecular weight is 367 g/mol. The zero-order valence-corrected chi connectivity index (χ0v) is 15.5. The Hall–Kier alpha value is -3.09. The monoisotopic (exact) mass is 367 g/mol. The van der Waals surface area contributed by atoms with Gasteiger partial charge in [0.2, 0.25) is 0 Å². The zero-order valence-electron chi connectivity index (χ0n) is 15.5. The minimum Gasteiger partial charge on any atom is -0.487 e. The number of piperidine rings is 1. The van der Waals surface area contributed by atoms with E-state index in [9.17, 15) is 4.79 Å². The second-order valence-electron chi connectivity index (χ2n) is 6.69. The van der Waals surface area contributed by atoms with Crippen molar-refractivity contribution in [2.75, 3.05) is 29.9 Å². The summed E-state index contributed by atoms with van der Waals surface area (Å²) in [6.45, 7) is 7.76. The predicted molar refractivity (Wildman–Crippen MR) is 106 cm³/mol. The topological polar surface area (TPSA) is 79.4 Å². The second kappa shape index (κ2) is 9.02. The Morgan fingerprint density at radius 2 is 2.22 bits per heavy atom. The molecule has 27 heavy (non-hydrogen) atoms. The molecule has 7 nitrogen and oxygen atoms in total. The molecule has 1 saturated heterocycles. The minimum atomic E-state index is -0.243. The summed E-state index contributed by atoms with van der Waals surface area (Å²) in [5.74, 6) is 1.46. The number of hydrogen-bond donors (Lipinski definition) is 2. The van der Waals surface area contributed by atoms with Crippen LogP contribution in [0.1, 0.15) is 19.8 Å². The number of aromatic nitrogens is 2. The van der Waals surface area contributed by atoms with E-state index in [4.69, 9.17) is 4.74 Å². The Morgan fingerprint density at radius 3 is 3.00 bits per heavy atom. The Kier molecular flexibility index (Phi) is 6.25. The van der Waals surface area contributed by atoms with Gasteiger partial charge in [0.1, 0.15) is 18.2 Å². The molecule has 2 heterocycles. The third-order valence-electron chi connectivity index (χ3n) is 4.24. The normalized spacial score (nSPS) is 16.5. The first-order valence-corrected chi connectivity index (χ1v) is 9.06. The van der Waals surface area contributed by atoms with E-state index in [1.54, 1.807) is 18.6 Å². The van der Waals surface area contributed by atoms with Crippen LogP contribution in [0, 0.1) is 0 Å². The van der Waals surface area contributed by atoms with Crippen molar-refractivity contribution in [2.24, 2.45) is 0 Å². The summed E-state index contributed by atoms with van der Waals surface area (Å²) in [5, 5.41) is 5.93. The van der Waals surface area contributed by atoms with Crippen molar-refractivity contribution < 1.29 is 9.53 Å².